The predicted molar refractivity (Wildman–Crippen MR) is 107 cm³/mol. The Morgan fingerprint density at radius 1 is 0.640 bits per heavy atom. The smallest absolute Gasteiger partial charge is 0.279 e. The van der Waals surface area contributed by atoms with Crippen LogP contribution in [-0.4, -0.2) is 4.96 Å². The Morgan fingerprint density at radius 2 is 0.880 bits per heavy atom. The Hall–Kier alpha value is -1.15. The molecular formula is C20H16Cl2NPPt. The Labute approximate surface area is 174 Å². The second-order valence-electron chi connectivity index (χ2n) is 4.75. The fourth-order valence-electron chi connectivity index (χ4n) is 2.18. The summed E-state index contributed by atoms with van der Waals surface area (Å²) >= 11 is 9.75. The molecule has 0 spiro atoms. The van der Waals surface area contributed by atoms with E-state index in [9.17, 15) is 0 Å². The fraction of sp³-hybridized carbons (Fsp3) is 0.0500. The van der Waals surface area contributed by atoms with Gasteiger partial charge in [-0.25, -0.2) is 6.57 Å². The standard InChI is InChI=1S/C18H15P.C2HCl2N.Pt/c1-4-10-16(11-5-1)19(17-12-6-2-7-13-17)18-14-8-3-9-15-18;1-5-2(3)4;/h1-15H;2H;. The number of hydrogen-bond acceptors (Lipinski definition) is 0. The summed E-state index contributed by atoms with van der Waals surface area (Å²) in [4.78, 5) is 1.79. The summed E-state index contributed by atoms with van der Waals surface area (Å²) in [6.45, 7) is 6.02. The van der Waals surface area contributed by atoms with Crippen LogP contribution in [0, 0.1) is 6.57 Å². The van der Waals surface area contributed by atoms with Crippen LogP contribution in [0.4, 0.5) is 0 Å². The van der Waals surface area contributed by atoms with Gasteiger partial charge in [-0.2, -0.15) is 0 Å². The predicted octanol–water partition coefficient (Wildman–Crippen LogP) is 5.11. The molecule has 0 unspecified atom stereocenters. The second-order valence-corrected chi connectivity index (χ2v) is 8.02. The van der Waals surface area contributed by atoms with Crippen LogP contribution in [0.3, 0.4) is 0 Å². The van der Waals surface area contributed by atoms with Crippen LogP contribution in [0.5, 0.6) is 0 Å². The van der Waals surface area contributed by atoms with Crippen molar-refractivity contribution in [1.29, 1.82) is 0 Å². The molecule has 0 aliphatic heterocycles. The molecule has 130 valence electrons. The minimum absolute atomic E-state index is 0. The molecule has 0 aromatic heterocycles. The topological polar surface area (TPSA) is 4.36 Å². The zero-order valence-electron chi connectivity index (χ0n) is 13.2. The third kappa shape index (κ3) is 7.31. The van der Waals surface area contributed by atoms with E-state index in [4.69, 9.17) is 29.8 Å². The largest absolute Gasteiger partial charge is 0.373 e. The van der Waals surface area contributed by atoms with Crippen molar-refractivity contribution in [3.63, 3.8) is 0 Å². The molecule has 3 aromatic carbocycles. The van der Waals surface area contributed by atoms with Gasteiger partial charge in [0.1, 0.15) is 0 Å². The monoisotopic (exact) mass is 566 g/mol. The Bertz CT molecular complexity index is 668. The summed E-state index contributed by atoms with van der Waals surface area (Å²) in [5.74, 6) is 0. The van der Waals surface area contributed by atoms with Gasteiger partial charge in [0, 0.05) is 21.1 Å². The number of halogens is 2. The molecular weight excluding hydrogens is 551 g/mol. The minimum atomic E-state index is -0.880. The van der Waals surface area contributed by atoms with Crippen LogP contribution in [0.15, 0.2) is 91.0 Å². The average Bonchev–Trinajstić information content (AvgIpc) is 2.65. The van der Waals surface area contributed by atoms with Crippen LogP contribution in [0.1, 0.15) is 0 Å². The molecule has 0 radical (unpaired) electrons. The van der Waals surface area contributed by atoms with E-state index in [2.05, 4.69) is 95.8 Å². The molecule has 1 nitrogen and oxygen atoms in total. The first-order valence-corrected chi connectivity index (χ1v) is 9.54. The molecule has 3 aromatic rings. The Morgan fingerprint density at radius 3 is 1.08 bits per heavy atom. The van der Waals surface area contributed by atoms with E-state index in [1.165, 1.54) is 15.9 Å². The molecule has 0 saturated heterocycles. The first-order valence-electron chi connectivity index (χ1n) is 7.32. The van der Waals surface area contributed by atoms with Gasteiger partial charge in [-0.05, 0) is 47.0 Å². The molecule has 0 heterocycles. The van der Waals surface area contributed by atoms with Gasteiger partial charge in [0.05, 0.1) is 0 Å². The summed E-state index contributed by atoms with van der Waals surface area (Å²) < 4.78 is 0. The van der Waals surface area contributed by atoms with E-state index in [1.807, 2.05) is 0 Å². The summed E-state index contributed by atoms with van der Waals surface area (Å²) in [6.07, 6.45) is 0. The van der Waals surface area contributed by atoms with Crippen molar-refractivity contribution in [2.75, 3.05) is 0 Å². The van der Waals surface area contributed by atoms with Crippen molar-refractivity contribution >= 4 is 47.0 Å². The first-order chi connectivity index (χ1) is 11.7. The van der Waals surface area contributed by atoms with E-state index in [-0.39, 0.29) is 21.1 Å². The van der Waals surface area contributed by atoms with Gasteiger partial charge < -0.3 is 0 Å². The summed E-state index contributed by atoms with van der Waals surface area (Å²) in [7, 11) is -0.446. The van der Waals surface area contributed by atoms with Gasteiger partial charge >= 0.3 is 4.96 Å². The van der Waals surface area contributed by atoms with E-state index in [0.717, 1.165) is 0 Å². The summed E-state index contributed by atoms with van der Waals surface area (Å²) in [6, 6.07) is 32.3. The SMILES string of the molecule is [C-]#[N+]C(Cl)Cl.[Pt].c1ccc(P(c2ccccc2)c2ccccc2)cc1. The molecule has 25 heavy (non-hydrogen) atoms. The van der Waals surface area contributed by atoms with Crippen LogP contribution >= 0.6 is 31.1 Å². The quantitative estimate of drug-likeness (QED) is 0.180. The number of hydrogen-bond donors (Lipinski definition) is 0. The molecule has 0 amide bonds. The number of nitrogens with zero attached hydrogens (tertiary/aromatic N) is 1. The molecule has 5 heteroatoms. The number of rotatable bonds is 3. The summed E-state index contributed by atoms with van der Waals surface area (Å²) in [5.41, 5.74) is 0. The van der Waals surface area contributed by atoms with Gasteiger partial charge in [-0.15, -0.1) is 0 Å². The molecule has 0 aliphatic carbocycles. The van der Waals surface area contributed by atoms with Gasteiger partial charge in [-0.1, -0.05) is 91.0 Å². The normalized spacial score (nSPS) is 9.56. The first kappa shape index (κ1) is 21.9. The Balaban J connectivity index is 0.000000462. The van der Waals surface area contributed by atoms with Gasteiger partial charge in [0.15, 0.2) is 0 Å². The Kier molecular flexibility index (Phi) is 10.7. The number of benzene rings is 3. The van der Waals surface area contributed by atoms with Gasteiger partial charge in [0.2, 0.25) is 0 Å². The van der Waals surface area contributed by atoms with E-state index in [1.54, 1.807) is 0 Å². The zero-order chi connectivity index (χ0) is 17.2. The third-order valence-electron chi connectivity index (χ3n) is 3.14. The average molecular weight is 567 g/mol. The van der Waals surface area contributed by atoms with Crippen molar-refractivity contribution in [3.8, 4) is 0 Å². The molecule has 0 atom stereocenters. The van der Waals surface area contributed by atoms with Crippen molar-refractivity contribution in [2.24, 2.45) is 0 Å². The maximum atomic E-state index is 6.02. The van der Waals surface area contributed by atoms with Crippen LogP contribution < -0.4 is 15.9 Å². The fourth-order valence-corrected chi connectivity index (χ4v) is 4.48. The molecule has 0 saturated carbocycles. The van der Waals surface area contributed by atoms with E-state index >= 15 is 0 Å². The maximum Gasteiger partial charge on any atom is 0.373 e. The number of alkyl halides is 2. The zero-order valence-corrected chi connectivity index (χ0v) is 17.9. The van der Waals surface area contributed by atoms with Crippen molar-refractivity contribution in [2.45, 2.75) is 4.96 Å². The van der Waals surface area contributed by atoms with Crippen LogP contribution in [-0.2, 0) is 21.1 Å². The molecule has 0 fully saturated rings. The summed E-state index contributed by atoms with van der Waals surface area (Å²) in [5, 5.41) is 4.19. The van der Waals surface area contributed by atoms with Crippen LogP contribution in [0.2, 0.25) is 0 Å². The maximum absolute atomic E-state index is 6.02. The molecule has 3 rings (SSSR count). The third-order valence-corrected chi connectivity index (χ3v) is 5.78. The molecule has 0 bridgehead atoms. The minimum Gasteiger partial charge on any atom is -0.279 e. The van der Waals surface area contributed by atoms with E-state index < -0.39 is 12.9 Å². The van der Waals surface area contributed by atoms with E-state index in [0.29, 0.717) is 0 Å². The van der Waals surface area contributed by atoms with Crippen molar-refractivity contribution in [1.82, 2.24) is 0 Å². The van der Waals surface area contributed by atoms with Crippen molar-refractivity contribution < 1.29 is 21.1 Å². The van der Waals surface area contributed by atoms with Crippen molar-refractivity contribution in [3.05, 3.63) is 102 Å². The molecule has 0 N–H and O–H groups in total. The van der Waals surface area contributed by atoms with Crippen LogP contribution in [0.25, 0.3) is 4.85 Å². The van der Waals surface area contributed by atoms with Gasteiger partial charge in [0.25, 0.3) is 0 Å². The second kappa shape index (κ2) is 12.2. The van der Waals surface area contributed by atoms with Gasteiger partial charge in [-0.3, -0.25) is 4.85 Å². The molecule has 0 aliphatic rings.